The molecule has 0 unspecified atom stereocenters. The lowest BCUT2D eigenvalue weighted by Gasteiger charge is -2.07. The van der Waals surface area contributed by atoms with Gasteiger partial charge in [0.15, 0.2) is 0 Å². The summed E-state index contributed by atoms with van der Waals surface area (Å²) in [5, 5.41) is 3.86. The van der Waals surface area contributed by atoms with Gasteiger partial charge < -0.3 is 10.1 Å². The average Bonchev–Trinajstić information content (AvgIpc) is 3.01. The number of carbonyl (C=O) groups excluding carboxylic acids is 1. The van der Waals surface area contributed by atoms with Crippen molar-refractivity contribution in [2.45, 2.75) is 20.3 Å². The summed E-state index contributed by atoms with van der Waals surface area (Å²) in [4.78, 5) is 17.6. The highest BCUT2D eigenvalue weighted by Gasteiger charge is 2.15. The number of aryl methyl sites for hydroxylation is 2. The zero-order valence-electron chi connectivity index (χ0n) is 15.0. The maximum Gasteiger partial charge on any atom is 0.263 e. The Labute approximate surface area is 157 Å². The topological polar surface area (TPSA) is 51.2 Å². The van der Waals surface area contributed by atoms with Gasteiger partial charge in [0.05, 0.1) is 17.2 Å². The molecule has 0 radical (unpaired) electrons. The Morgan fingerprint density at radius 3 is 2.54 bits per heavy atom. The van der Waals surface area contributed by atoms with Crippen LogP contribution in [0.4, 0.5) is 0 Å². The molecule has 0 fully saturated rings. The summed E-state index contributed by atoms with van der Waals surface area (Å²) in [6.45, 7) is 4.80. The second-order valence-corrected chi connectivity index (χ2v) is 7.19. The molecule has 4 nitrogen and oxygen atoms in total. The van der Waals surface area contributed by atoms with E-state index in [1.54, 1.807) is 0 Å². The van der Waals surface area contributed by atoms with Crippen LogP contribution in [0, 0.1) is 13.8 Å². The number of amides is 1. The van der Waals surface area contributed by atoms with Crippen LogP contribution in [0.3, 0.4) is 0 Å². The summed E-state index contributed by atoms with van der Waals surface area (Å²) < 4.78 is 5.63. The summed E-state index contributed by atoms with van der Waals surface area (Å²) >= 11 is 1.45. The molecule has 0 saturated heterocycles. The lowest BCUT2D eigenvalue weighted by atomic mass is 10.2. The van der Waals surface area contributed by atoms with E-state index >= 15 is 0 Å². The van der Waals surface area contributed by atoms with Crippen molar-refractivity contribution in [1.29, 1.82) is 0 Å². The third-order valence-electron chi connectivity index (χ3n) is 3.92. The third kappa shape index (κ3) is 4.92. The van der Waals surface area contributed by atoms with Crippen molar-refractivity contribution in [2.24, 2.45) is 0 Å². The lowest BCUT2D eigenvalue weighted by Crippen LogP contribution is -2.27. The molecule has 0 atom stereocenters. The van der Waals surface area contributed by atoms with E-state index in [2.05, 4.69) is 22.4 Å². The van der Waals surface area contributed by atoms with Crippen molar-refractivity contribution in [3.8, 4) is 5.75 Å². The first-order valence-corrected chi connectivity index (χ1v) is 9.41. The van der Waals surface area contributed by atoms with Crippen LogP contribution >= 0.6 is 11.3 Å². The van der Waals surface area contributed by atoms with Gasteiger partial charge in [-0.15, -0.1) is 11.3 Å². The predicted octanol–water partition coefficient (Wildman–Crippen LogP) is 4.16. The minimum absolute atomic E-state index is 0.0909. The smallest absolute Gasteiger partial charge is 0.263 e. The average molecular weight is 366 g/mol. The van der Waals surface area contributed by atoms with E-state index in [0.717, 1.165) is 22.9 Å². The fraction of sp³-hybridized carbons (Fsp3) is 0.238. The molecule has 0 bridgehead atoms. The Morgan fingerprint density at radius 1 is 1.08 bits per heavy atom. The van der Waals surface area contributed by atoms with Crippen molar-refractivity contribution < 1.29 is 9.53 Å². The number of hydrogen-bond acceptors (Lipinski definition) is 4. The molecular formula is C21H22N2O2S. The van der Waals surface area contributed by atoms with E-state index in [4.69, 9.17) is 4.74 Å². The van der Waals surface area contributed by atoms with E-state index in [1.807, 2.05) is 56.3 Å². The molecule has 2 aromatic carbocycles. The molecule has 3 aromatic rings. The van der Waals surface area contributed by atoms with E-state index in [0.29, 0.717) is 18.0 Å². The molecule has 1 aromatic heterocycles. The summed E-state index contributed by atoms with van der Waals surface area (Å²) in [7, 11) is 0. The number of carbonyl (C=O) groups is 1. The quantitative estimate of drug-likeness (QED) is 0.639. The second-order valence-electron chi connectivity index (χ2n) is 6.10. The fourth-order valence-corrected chi connectivity index (χ4v) is 3.57. The Morgan fingerprint density at radius 2 is 1.81 bits per heavy atom. The summed E-state index contributed by atoms with van der Waals surface area (Å²) in [6, 6.07) is 18.0. The largest absolute Gasteiger partial charge is 0.492 e. The van der Waals surface area contributed by atoms with Crippen LogP contribution in [0.25, 0.3) is 0 Å². The van der Waals surface area contributed by atoms with Gasteiger partial charge in [0.1, 0.15) is 17.2 Å². The molecule has 1 amide bonds. The number of rotatable bonds is 7. The zero-order valence-corrected chi connectivity index (χ0v) is 15.8. The number of hydrogen-bond donors (Lipinski definition) is 1. The normalized spacial score (nSPS) is 10.5. The van der Waals surface area contributed by atoms with Gasteiger partial charge >= 0.3 is 0 Å². The SMILES string of the molecule is Cc1ccc(OCCNC(=O)c2sc(Cc3ccccc3)nc2C)cc1. The van der Waals surface area contributed by atoms with Crippen molar-refractivity contribution in [1.82, 2.24) is 10.3 Å². The standard InChI is InChI=1S/C21H22N2O2S/c1-15-8-10-18(11-9-15)25-13-12-22-21(24)20-16(2)23-19(26-20)14-17-6-4-3-5-7-17/h3-11H,12-14H2,1-2H3,(H,22,24). The van der Waals surface area contributed by atoms with E-state index in [1.165, 1.54) is 22.5 Å². The van der Waals surface area contributed by atoms with E-state index in [9.17, 15) is 4.79 Å². The van der Waals surface area contributed by atoms with Crippen LogP contribution in [-0.4, -0.2) is 24.0 Å². The Kier molecular flexibility index (Phi) is 6.02. The van der Waals surface area contributed by atoms with Gasteiger partial charge in [0.25, 0.3) is 5.91 Å². The van der Waals surface area contributed by atoms with Crippen molar-refractivity contribution >= 4 is 17.2 Å². The molecule has 0 aliphatic rings. The van der Waals surface area contributed by atoms with Gasteiger partial charge in [0.2, 0.25) is 0 Å². The zero-order chi connectivity index (χ0) is 18.4. The Bertz CT molecular complexity index is 857. The van der Waals surface area contributed by atoms with Crippen molar-refractivity contribution in [2.75, 3.05) is 13.2 Å². The summed E-state index contributed by atoms with van der Waals surface area (Å²) in [5.41, 5.74) is 3.16. The third-order valence-corrected chi connectivity index (χ3v) is 5.08. The van der Waals surface area contributed by atoms with Crippen molar-refractivity contribution in [3.05, 3.63) is 81.3 Å². The van der Waals surface area contributed by atoms with Crippen molar-refractivity contribution in [3.63, 3.8) is 0 Å². The van der Waals surface area contributed by atoms with Gasteiger partial charge in [-0.2, -0.15) is 0 Å². The monoisotopic (exact) mass is 366 g/mol. The van der Waals surface area contributed by atoms with Gasteiger partial charge in [-0.3, -0.25) is 4.79 Å². The molecule has 0 aliphatic carbocycles. The molecule has 0 saturated carbocycles. The molecule has 3 rings (SSSR count). The molecule has 1 N–H and O–H groups in total. The van der Waals surface area contributed by atoms with Gasteiger partial charge in [0, 0.05) is 6.42 Å². The van der Waals surface area contributed by atoms with Crippen LogP contribution < -0.4 is 10.1 Å². The number of ether oxygens (including phenoxy) is 1. The van der Waals surface area contributed by atoms with Gasteiger partial charge in [-0.1, -0.05) is 48.0 Å². The first-order chi connectivity index (χ1) is 12.6. The molecule has 0 spiro atoms. The molecule has 134 valence electrons. The molecule has 26 heavy (non-hydrogen) atoms. The highest BCUT2D eigenvalue weighted by Crippen LogP contribution is 2.20. The van der Waals surface area contributed by atoms with Crippen LogP contribution in [0.15, 0.2) is 54.6 Å². The summed E-state index contributed by atoms with van der Waals surface area (Å²) in [5.74, 6) is 0.718. The highest BCUT2D eigenvalue weighted by atomic mass is 32.1. The first kappa shape index (κ1) is 18.1. The minimum atomic E-state index is -0.0909. The number of aromatic nitrogens is 1. The number of thiazole rings is 1. The molecule has 5 heteroatoms. The van der Waals surface area contributed by atoms with E-state index in [-0.39, 0.29) is 5.91 Å². The number of nitrogens with zero attached hydrogens (tertiary/aromatic N) is 1. The maximum absolute atomic E-state index is 12.4. The summed E-state index contributed by atoms with van der Waals surface area (Å²) in [6.07, 6.45) is 0.746. The molecule has 1 heterocycles. The van der Waals surface area contributed by atoms with Crippen LogP contribution in [-0.2, 0) is 6.42 Å². The van der Waals surface area contributed by atoms with Crippen LogP contribution in [0.2, 0.25) is 0 Å². The number of nitrogens with one attached hydrogen (secondary N) is 1. The predicted molar refractivity (Wildman–Crippen MR) is 105 cm³/mol. The van der Waals surface area contributed by atoms with Gasteiger partial charge in [-0.05, 0) is 31.5 Å². The maximum atomic E-state index is 12.4. The lowest BCUT2D eigenvalue weighted by molar-refractivity contribution is 0.0950. The van der Waals surface area contributed by atoms with Crippen LogP contribution in [0.1, 0.15) is 31.5 Å². The first-order valence-electron chi connectivity index (χ1n) is 8.60. The van der Waals surface area contributed by atoms with Gasteiger partial charge in [-0.25, -0.2) is 4.98 Å². The molecule has 0 aliphatic heterocycles. The second kappa shape index (κ2) is 8.63. The number of benzene rings is 2. The minimum Gasteiger partial charge on any atom is -0.492 e. The molecular weight excluding hydrogens is 344 g/mol. The van der Waals surface area contributed by atoms with Crippen LogP contribution in [0.5, 0.6) is 5.75 Å². The highest BCUT2D eigenvalue weighted by molar-refractivity contribution is 7.13. The Hall–Kier alpha value is -2.66. The Balaban J connectivity index is 1.50. The fourth-order valence-electron chi connectivity index (χ4n) is 2.56. The van der Waals surface area contributed by atoms with E-state index < -0.39 is 0 Å².